The summed E-state index contributed by atoms with van der Waals surface area (Å²) in [6.07, 6.45) is -1.91. The van der Waals surface area contributed by atoms with Crippen molar-refractivity contribution >= 4 is 0 Å². The molecule has 0 fully saturated rings. The van der Waals surface area contributed by atoms with Gasteiger partial charge < -0.3 is 11.5 Å². The first-order valence-electron chi connectivity index (χ1n) is 1.80. The Balaban J connectivity index is 2.99. The SMILES string of the molecule is CC(F)C(N)N. The molecule has 0 bridgehead atoms. The molecule has 0 saturated carbocycles. The van der Waals surface area contributed by atoms with Gasteiger partial charge in [0.15, 0.2) is 0 Å². The molecular formula is C3H9FN2. The number of hydrogen-bond acceptors (Lipinski definition) is 2. The molecule has 0 spiro atoms. The first kappa shape index (κ1) is 5.85. The van der Waals surface area contributed by atoms with Crippen molar-refractivity contribution in [1.82, 2.24) is 0 Å². The number of alkyl halides is 1. The molecule has 0 aliphatic rings. The maximum atomic E-state index is 11.6. The molecule has 0 radical (unpaired) electrons. The summed E-state index contributed by atoms with van der Waals surface area (Å²) < 4.78 is 11.6. The van der Waals surface area contributed by atoms with E-state index in [1.54, 1.807) is 0 Å². The Hall–Kier alpha value is -0.150. The number of nitrogens with two attached hydrogens (primary N) is 2. The van der Waals surface area contributed by atoms with Crippen LogP contribution >= 0.6 is 0 Å². The summed E-state index contributed by atoms with van der Waals surface area (Å²) in [6, 6.07) is 0. The maximum absolute atomic E-state index is 11.6. The van der Waals surface area contributed by atoms with Crippen molar-refractivity contribution in [2.75, 3.05) is 0 Å². The van der Waals surface area contributed by atoms with Crippen molar-refractivity contribution < 1.29 is 4.39 Å². The van der Waals surface area contributed by atoms with Gasteiger partial charge in [0.25, 0.3) is 0 Å². The van der Waals surface area contributed by atoms with Gasteiger partial charge in [-0.25, -0.2) is 4.39 Å². The van der Waals surface area contributed by atoms with Crippen LogP contribution in [0.4, 0.5) is 4.39 Å². The summed E-state index contributed by atoms with van der Waals surface area (Å²) in [5.41, 5.74) is 9.68. The van der Waals surface area contributed by atoms with Gasteiger partial charge in [0, 0.05) is 0 Å². The Labute approximate surface area is 36.3 Å². The summed E-state index contributed by atoms with van der Waals surface area (Å²) in [5, 5.41) is 0. The molecule has 0 aromatic heterocycles. The lowest BCUT2D eigenvalue weighted by Crippen LogP contribution is -2.38. The Kier molecular flexibility index (Phi) is 2.05. The van der Waals surface area contributed by atoms with Crippen LogP contribution in [-0.2, 0) is 0 Å². The fraction of sp³-hybridized carbons (Fsp3) is 1.00. The van der Waals surface area contributed by atoms with Crippen LogP contribution in [0.2, 0.25) is 0 Å². The summed E-state index contributed by atoms with van der Waals surface area (Å²) in [4.78, 5) is 0. The summed E-state index contributed by atoms with van der Waals surface area (Å²) in [6.45, 7) is 1.32. The van der Waals surface area contributed by atoms with E-state index < -0.39 is 12.3 Å². The van der Waals surface area contributed by atoms with Gasteiger partial charge in [-0.3, -0.25) is 0 Å². The standard InChI is InChI=1S/C3H9FN2/c1-2(4)3(5)6/h2-3H,5-6H2,1H3. The fourth-order valence-electron chi connectivity index (χ4n) is 0. The number of rotatable bonds is 1. The number of halogens is 1. The first-order chi connectivity index (χ1) is 2.64. The molecule has 0 amide bonds. The summed E-state index contributed by atoms with van der Waals surface area (Å²) >= 11 is 0. The molecule has 1 unspecified atom stereocenters. The smallest absolute Gasteiger partial charge is 0.125 e. The van der Waals surface area contributed by atoms with Gasteiger partial charge in [0.2, 0.25) is 0 Å². The highest BCUT2D eigenvalue weighted by molar-refractivity contribution is 4.56. The largest absolute Gasteiger partial charge is 0.314 e. The van der Waals surface area contributed by atoms with Crippen LogP contribution in [0.25, 0.3) is 0 Å². The second-order valence-corrected chi connectivity index (χ2v) is 1.25. The van der Waals surface area contributed by atoms with Crippen LogP contribution in [0.3, 0.4) is 0 Å². The normalized spacial score (nSPS) is 15.5. The van der Waals surface area contributed by atoms with Crippen molar-refractivity contribution in [1.29, 1.82) is 0 Å². The van der Waals surface area contributed by atoms with Crippen LogP contribution in [0.15, 0.2) is 0 Å². The van der Waals surface area contributed by atoms with Crippen LogP contribution in [-0.4, -0.2) is 12.3 Å². The van der Waals surface area contributed by atoms with E-state index in [4.69, 9.17) is 11.5 Å². The molecule has 0 aromatic rings. The average Bonchev–Trinajstić information content (AvgIpc) is 1.36. The summed E-state index contributed by atoms with van der Waals surface area (Å²) in [7, 11) is 0. The van der Waals surface area contributed by atoms with Crippen LogP contribution in [0.5, 0.6) is 0 Å². The van der Waals surface area contributed by atoms with Gasteiger partial charge in [-0.2, -0.15) is 0 Å². The average molecular weight is 92.1 g/mol. The van der Waals surface area contributed by atoms with E-state index in [2.05, 4.69) is 0 Å². The Bertz CT molecular complexity index is 29.8. The minimum absolute atomic E-state index is 0.815. The van der Waals surface area contributed by atoms with Crippen molar-refractivity contribution in [3.63, 3.8) is 0 Å². The molecule has 0 heterocycles. The van der Waals surface area contributed by atoms with Crippen LogP contribution in [0, 0.1) is 0 Å². The lowest BCUT2D eigenvalue weighted by atomic mass is 10.4. The monoisotopic (exact) mass is 92.1 g/mol. The molecule has 0 saturated heterocycles. The Morgan fingerprint density at radius 2 is 1.67 bits per heavy atom. The maximum Gasteiger partial charge on any atom is 0.125 e. The first-order valence-corrected chi connectivity index (χ1v) is 1.80. The van der Waals surface area contributed by atoms with Gasteiger partial charge in [0.1, 0.15) is 6.17 Å². The molecule has 0 aromatic carbocycles. The summed E-state index contributed by atoms with van der Waals surface area (Å²) in [5.74, 6) is 0. The van der Waals surface area contributed by atoms with Crippen LogP contribution in [0.1, 0.15) is 6.92 Å². The number of hydrogen-bond donors (Lipinski definition) is 2. The van der Waals surface area contributed by atoms with Gasteiger partial charge >= 0.3 is 0 Å². The molecule has 1 atom stereocenters. The lowest BCUT2D eigenvalue weighted by Gasteiger charge is -2.02. The third-order valence-corrected chi connectivity index (χ3v) is 0.530. The molecule has 4 N–H and O–H groups in total. The van der Waals surface area contributed by atoms with E-state index >= 15 is 0 Å². The molecule has 2 nitrogen and oxygen atoms in total. The highest BCUT2D eigenvalue weighted by atomic mass is 19.1. The predicted octanol–water partition coefficient (Wildman–Crippen LogP) is -0.412. The minimum Gasteiger partial charge on any atom is -0.314 e. The third kappa shape index (κ3) is 2.11. The van der Waals surface area contributed by atoms with Crippen molar-refractivity contribution in [2.45, 2.75) is 19.3 Å². The van der Waals surface area contributed by atoms with Crippen molar-refractivity contribution in [2.24, 2.45) is 11.5 Å². The lowest BCUT2D eigenvalue weighted by molar-refractivity contribution is 0.310. The topological polar surface area (TPSA) is 52.0 Å². The fourth-order valence-corrected chi connectivity index (χ4v) is 0. The highest BCUT2D eigenvalue weighted by Crippen LogP contribution is 1.84. The van der Waals surface area contributed by atoms with Gasteiger partial charge in [-0.15, -0.1) is 0 Å². The molecular weight excluding hydrogens is 83.0 g/mol. The molecule has 0 rings (SSSR count). The molecule has 6 heavy (non-hydrogen) atoms. The second-order valence-electron chi connectivity index (χ2n) is 1.25. The van der Waals surface area contributed by atoms with E-state index in [1.807, 2.05) is 0 Å². The zero-order chi connectivity index (χ0) is 5.15. The second kappa shape index (κ2) is 2.10. The molecule has 38 valence electrons. The van der Waals surface area contributed by atoms with Gasteiger partial charge in [-0.05, 0) is 6.92 Å². The van der Waals surface area contributed by atoms with E-state index in [9.17, 15) is 4.39 Å². The van der Waals surface area contributed by atoms with E-state index in [1.165, 1.54) is 6.92 Å². The molecule has 0 aliphatic carbocycles. The van der Waals surface area contributed by atoms with Crippen LogP contribution < -0.4 is 11.5 Å². The third-order valence-electron chi connectivity index (χ3n) is 0.530. The molecule has 0 aliphatic heterocycles. The van der Waals surface area contributed by atoms with Crippen molar-refractivity contribution in [3.8, 4) is 0 Å². The minimum atomic E-state index is -1.09. The van der Waals surface area contributed by atoms with Gasteiger partial charge in [-0.1, -0.05) is 0 Å². The Morgan fingerprint density at radius 1 is 1.50 bits per heavy atom. The van der Waals surface area contributed by atoms with Crippen molar-refractivity contribution in [3.05, 3.63) is 0 Å². The van der Waals surface area contributed by atoms with E-state index in [-0.39, 0.29) is 0 Å². The molecule has 3 heteroatoms. The quantitative estimate of drug-likeness (QED) is 0.432. The highest BCUT2D eigenvalue weighted by Gasteiger charge is 2.01. The van der Waals surface area contributed by atoms with E-state index in [0.29, 0.717) is 0 Å². The predicted molar refractivity (Wildman–Crippen MR) is 22.7 cm³/mol. The van der Waals surface area contributed by atoms with E-state index in [0.717, 1.165) is 0 Å². The zero-order valence-electron chi connectivity index (χ0n) is 3.69. The zero-order valence-corrected chi connectivity index (χ0v) is 3.69. The Morgan fingerprint density at radius 3 is 1.67 bits per heavy atom. The van der Waals surface area contributed by atoms with Gasteiger partial charge in [0.05, 0.1) is 6.17 Å².